The van der Waals surface area contributed by atoms with Crippen LogP contribution in [-0.2, 0) is 4.74 Å². The molecule has 15 heavy (non-hydrogen) atoms. The molecule has 1 aromatic rings. The Hall–Kier alpha value is -1.22. The highest BCUT2D eigenvalue weighted by Gasteiger charge is 2.31. The van der Waals surface area contributed by atoms with E-state index >= 15 is 0 Å². The zero-order valence-electron chi connectivity index (χ0n) is 9.70. The van der Waals surface area contributed by atoms with E-state index in [1.165, 1.54) is 0 Å². The molecule has 0 spiro atoms. The maximum atomic E-state index is 12.1. The molecular formula is C12H17NO2. The molecule has 0 radical (unpaired) electrons. The number of rotatable bonds is 4. The van der Waals surface area contributed by atoms with Gasteiger partial charge in [0.1, 0.15) is 5.60 Å². The molecular weight excluding hydrogens is 190 g/mol. The Balaban J connectivity index is 3.03. The quantitative estimate of drug-likeness (QED) is 0.711. The van der Waals surface area contributed by atoms with Crippen LogP contribution in [0.3, 0.4) is 0 Å². The van der Waals surface area contributed by atoms with Crippen molar-refractivity contribution in [3.05, 3.63) is 29.6 Å². The second-order valence-corrected chi connectivity index (χ2v) is 3.87. The molecule has 1 rings (SSSR count). The summed E-state index contributed by atoms with van der Waals surface area (Å²) in [5, 5.41) is 0. The molecule has 1 heterocycles. The van der Waals surface area contributed by atoms with Crippen molar-refractivity contribution in [2.75, 3.05) is 7.11 Å². The van der Waals surface area contributed by atoms with Crippen LogP contribution in [0.25, 0.3) is 0 Å². The number of Topliss-reactive ketones (excluding diaryl/α,β-unsaturated/α-hetero) is 1. The lowest BCUT2D eigenvalue weighted by Crippen LogP contribution is -2.36. The average molecular weight is 207 g/mol. The highest BCUT2D eigenvalue weighted by molar-refractivity contribution is 6.02. The van der Waals surface area contributed by atoms with Crippen LogP contribution in [0.15, 0.2) is 18.5 Å². The summed E-state index contributed by atoms with van der Waals surface area (Å²) < 4.78 is 5.27. The van der Waals surface area contributed by atoms with Crippen molar-refractivity contribution in [1.82, 2.24) is 4.98 Å². The van der Waals surface area contributed by atoms with E-state index in [2.05, 4.69) is 4.98 Å². The van der Waals surface area contributed by atoms with Gasteiger partial charge < -0.3 is 4.74 Å². The first-order chi connectivity index (χ1) is 7.03. The van der Waals surface area contributed by atoms with E-state index < -0.39 is 5.60 Å². The predicted octanol–water partition coefficient (Wildman–Crippen LogP) is 2.39. The van der Waals surface area contributed by atoms with Crippen LogP contribution < -0.4 is 0 Å². The number of hydrogen-bond donors (Lipinski definition) is 0. The molecule has 0 aliphatic heterocycles. The van der Waals surface area contributed by atoms with Crippen LogP contribution in [-0.4, -0.2) is 23.5 Å². The smallest absolute Gasteiger partial charge is 0.195 e. The lowest BCUT2D eigenvalue weighted by Gasteiger charge is -2.24. The van der Waals surface area contributed by atoms with Gasteiger partial charge in [-0.15, -0.1) is 0 Å². The normalized spacial score (nSPS) is 14.7. The first-order valence-corrected chi connectivity index (χ1v) is 5.05. The van der Waals surface area contributed by atoms with Crippen molar-refractivity contribution in [1.29, 1.82) is 0 Å². The summed E-state index contributed by atoms with van der Waals surface area (Å²) in [6, 6.07) is 1.84. The van der Waals surface area contributed by atoms with E-state index in [0.29, 0.717) is 12.0 Å². The van der Waals surface area contributed by atoms with Gasteiger partial charge in [0.25, 0.3) is 0 Å². The van der Waals surface area contributed by atoms with E-state index in [1.54, 1.807) is 26.4 Å². The van der Waals surface area contributed by atoms with Crippen LogP contribution in [0.5, 0.6) is 0 Å². The number of carbonyl (C=O) groups excluding carboxylic acids is 1. The van der Waals surface area contributed by atoms with Gasteiger partial charge in [-0.2, -0.15) is 0 Å². The van der Waals surface area contributed by atoms with Crippen LogP contribution in [0.2, 0.25) is 0 Å². The molecule has 0 aromatic carbocycles. The number of hydrogen-bond acceptors (Lipinski definition) is 3. The van der Waals surface area contributed by atoms with E-state index in [9.17, 15) is 4.79 Å². The third kappa shape index (κ3) is 2.42. The summed E-state index contributed by atoms with van der Waals surface area (Å²) >= 11 is 0. The van der Waals surface area contributed by atoms with E-state index in [4.69, 9.17) is 4.74 Å². The standard InChI is InChI=1S/C12H17NO2/c1-5-12(3,15-4)11(14)10-6-9(2)7-13-8-10/h6-8H,5H2,1-4H3. The number of ketones is 1. The summed E-state index contributed by atoms with van der Waals surface area (Å²) in [6.07, 6.45) is 3.96. The van der Waals surface area contributed by atoms with Crippen molar-refractivity contribution < 1.29 is 9.53 Å². The van der Waals surface area contributed by atoms with E-state index in [-0.39, 0.29) is 5.78 Å². The number of pyridine rings is 1. The van der Waals surface area contributed by atoms with Crippen LogP contribution in [0, 0.1) is 6.92 Å². The Morgan fingerprint density at radius 3 is 2.67 bits per heavy atom. The maximum Gasteiger partial charge on any atom is 0.195 e. The number of carbonyl (C=O) groups is 1. The topological polar surface area (TPSA) is 39.2 Å². The van der Waals surface area contributed by atoms with Gasteiger partial charge >= 0.3 is 0 Å². The Bertz CT molecular complexity index is 356. The minimum atomic E-state index is -0.741. The average Bonchev–Trinajstić information content (AvgIpc) is 2.27. The van der Waals surface area contributed by atoms with Gasteiger partial charge in [0, 0.05) is 25.1 Å². The number of nitrogens with zero attached hydrogens (tertiary/aromatic N) is 1. The predicted molar refractivity (Wildman–Crippen MR) is 59.0 cm³/mol. The molecule has 0 fully saturated rings. The molecule has 82 valence electrons. The molecule has 1 unspecified atom stereocenters. The monoisotopic (exact) mass is 207 g/mol. The fourth-order valence-electron chi connectivity index (χ4n) is 1.38. The third-order valence-electron chi connectivity index (χ3n) is 2.74. The van der Waals surface area contributed by atoms with Gasteiger partial charge in [0.15, 0.2) is 5.78 Å². The van der Waals surface area contributed by atoms with Gasteiger partial charge in [-0.3, -0.25) is 9.78 Å². The third-order valence-corrected chi connectivity index (χ3v) is 2.74. The van der Waals surface area contributed by atoms with Gasteiger partial charge in [-0.05, 0) is 31.9 Å². The second-order valence-electron chi connectivity index (χ2n) is 3.87. The van der Waals surface area contributed by atoms with Gasteiger partial charge in [-0.25, -0.2) is 0 Å². The molecule has 1 atom stereocenters. The highest BCUT2D eigenvalue weighted by atomic mass is 16.5. The molecule has 0 aliphatic carbocycles. The number of aryl methyl sites for hydroxylation is 1. The van der Waals surface area contributed by atoms with Crippen molar-refractivity contribution in [3.63, 3.8) is 0 Å². The maximum absolute atomic E-state index is 12.1. The zero-order valence-corrected chi connectivity index (χ0v) is 9.70. The molecule has 3 nitrogen and oxygen atoms in total. The fraction of sp³-hybridized carbons (Fsp3) is 0.500. The summed E-state index contributed by atoms with van der Waals surface area (Å²) in [4.78, 5) is 16.1. The largest absolute Gasteiger partial charge is 0.370 e. The van der Waals surface area contributed by atoms with Gasteiger partial charge in [0.05, 0.1) is 0 Å². The highest BCUT2D eigenvalue weighted by Crippen LogP contribution is 2.20. The Morgan fingerprint density at radius 1 is 1.53 bits per heavy atom. The molecule has 3 heteroatoms. The fourth-order valence-corrected chi connectivity index (χ4v) is 1.38. The molecule has 0 N–H and O–H groups in total. The van der Waals surface area contributed by atoms with Gasteiger partial charge in [0.2, 0.25) is 0 Å². The lowest BCUT2D eigenvalue weighted by atomic mass is 9.92. The number of ether oxygens (including phenoxy) is 1. The van der Waals surface area contributed by atoms with Crippen molar-refractivity contribution in [3.8, 4) is 0 Å². The first-order valence-electron chi connectivity index (χ1n) is 5.05. The van der Waals surface area contributed by atoms with E-state index in [1.807, 2.05) is 19.9 Å². The van der Waals surface area contributed by atoms with Crippen molar-refractivity contribution >= 4 is 5.78 Å². The number of aromatic nitrogens is 1. The summed E-state index contributed by atoms with van der Waals surface area (Å²) in [7, 11) is 1.56. The van der Waals surface area contributed by atoms with Crippen LogP contribution in [0.1, 0.15) is 36.2 Å². The Kier molecular flexibility index (Phi) is 3.58. The lowest BCUT2D eigenvalue weighted by molar-refractivity contribution is 0.0106. The second kappa shape index (κ2) is 4.53. The van der Waals surface area contributed by atoms with Crippen molar-refractivity contribution in [2.24, 2.45) is 0 Å². The molecule has 0 saturated carbocycles. The molecule has 0 bridgehead atoms. The summed E-state index contributed by atoms with van der Waals surface area (Å²) in [5.41, 5.74) is 0.853. The van der Waals surface area contributed by atoms with Crippen LogP contribution >= 0.6 is 0 Å². The van der Waals surface area contributed by atoms with E-state index in [0.717, 1.165) is 5.56 Å². The minimum absolute atomic E-state index is 0.0105. The molecule has 0 saturated heterocycles. The van der Waals surface area contributed by atoms with Crippen molar-refractivity contribution in [2.45, 2.75) is 32.8 Å². The minimum Gasteiger partial charge on any atom is -0.370 e. The molecule has 0 amide bonds. The zero-order chi connectivity index (χ0) is 11.5. The Morgan fingerprint density at radius 2 is 2.20 bits per heavy atom. The number of methoxy groups -OCH3 is 1. The summed E-state index contributed by atoms with van der Waals surface area (Å²) in [5.74, 6) is -0.0105. The molecule has 1 aromatic heterocycles. The SMILES string of the molecule is CCC(C)(OC)C(=O)c1cncc(C)c1. The summed E-state index contributed by atoms with van der Waals surface area (Å²) in [6.45, 7) is 5.65. The first kappa shape index (κ1) is 11.9. The Labute approximate surface area is 90.5 Å². The van der Waals surface area contributed by atoms with Gasteiger partial charge in [-0.1, -0.05) is 6.92 Å². The van der Waals surface area contributed by atoms with Crippen LogP contribution in [0.4, 0.5) is 0 Å². The molecule has 0 aliphatic rings.